The minimum atomic E-state index is -0.0429. The van der Waals surface area contributed by atoms with E-state index in [-0.39, 0.29) is 36.1 Å². The van der Waals surface area contributed by atoms with Crippen LogP contribution in [0.1, 0.15) is 20.8 Å². The standard InChI is InChI=1S/C13H20ClN3O.HI/c1-9(2)17-13(15)16-8-10(3)18-12-6-4-11(14)5-7-12;/h4-7,9-10H,8H2,1-3H3,(H3,15,16,17);1H. The SMILES string of the molecule is CC(C)NC(N)=NCC(C)Oc1ccc(Cl)cc1.I. The van der Waals surface area contributed by atoms with Crippen LogP contribution in [0, 0.1) is 0 Å². The van der Waals surface area contributed by atoms with Gasteiger partial charge in [0.25, 0.3) is 0 Å². The van der Waals surface area contributed by atoms with Gasteiger partial charge in [0, 0.05) is 11.1 Å². The fourth-order valence-corrected chi connectivity index (χ4v) is 1.48. The first-order valence-electron chi connectivity index (χ1n) is 5.96. The summed E-state index contributed by atoms with van der Waals surface area (Å²) in [6, 6.07) is 7.53. The minimum Gasteiger partial charge on any atom is -0.489 e. The Labute approximate surface area is 136 Å². The van der Waals surface area contributed by atoms with Crippen LogP contribution in [-0.4, -0.2) is 24.7 Å². The van der Waals surface area contributed by atoms with Crippen LogP contribution in [0.4, 0.5) is 0 Å². The molecule has 1 atom stereocenters. The first kappa shape index (κ1) is 18.3. The number of nitrogens with two attached hydrogens (primary N) is 1. The number of halogens is 2. The van der Waals surface area contributed by atoms with E-state index in [1.54, 1.807) is 12.1 Å². The van der Waals surface area contributed by atoms with E-state index in [0.717, 1.165) is 5.75 Å². The third kappa shape index (κ3) is 8.15. The Bertz CT molecular complexity index is 395. The zero-order chi connectivity index (χ0) is 13.5. The highest BCUT2D eigenvalue weighted by Gasteiger charge is 2.04. The summed E-state index contributed by atoms with van der Waals surface area (Å²) in [7, 11) is 0. The molecule has 3 N–H and O–H groups in total. The van der Waals surface area contributed by atoms with Crippen molar-refractivity contribution < 1.29 is 4.74 Å². The van der Waals surface area contributed by atoms with Gasteiger partial charge in [-0.3, -0.25) is 0 Å². The Morgan fingerprint density at radius 1 is 1.32 bits per heavy atom. The van der Waals surface area contributed by atoms with Gasteiger partial charge in [0.05, 0.1) is 6.54 Å². The second-order valence-electron chi connectivity index (χ2n) is 4.41. The lowest BCUT2D eigenvalue weighted by Crippen LogP contribution is -2.37. The molecule has 19 heavy (non-hydrogen) atoms. The summed E-state index contributed by atoms with van der Waals surface area (Å²) in [5.41, 5.74) is 5.70. The molecule has 0 aromatic heterocycles. The fourth-order valence-electron chi connectivity index (χ4n) is 1.35. The molecule has 0 fully saturated rings. The maximum absolute atomic E-state index is 5.80. The van der Waals surface area contributed by atoms with E-state index in [0.29, 0.717) is 17.5 Å². The number of aliphatic imine (C=N–C) groups is 1. The molecule has 0 spiro atoms. The Hall–Kier alpha value is -0.690. The number of benzene rings is 1. The maximum Gasteiger partial charge on any atom is 0.188 e. The van der Waals surface area contributed by atoms with Crippen LogP contribution in [0.2, 0.25) is 5.02 Å². The molecule has 0 aliphatic rings. The summed E-state index contributed by atoms with van der Waals surface area (Å²) in [6.07, 6.45) is -0.0429. The van der Waals surface area contributed by atoms with E-state index in [1.165, 1.54) is 0 Å². The largest absolute Gasteiger partial charge is 0.489 e. The predicted molar refractivity (Wildman–Crippen MR) is 91.7 cm³/mol. The van der Waals surface area contributed by atoms with Crippen LogP contribution in [0.25, 0.3) is 0 Å². The van der Waals surface area contributed by atoms with E-state index >= 15 is 0 Å². The van der Waals surface area contributed by atoms with Gasteiger partial charge in [0.15, 0.2) is 5.96 Å². The fraction of sp³-hybridized carbons (Fsp3) is 0.462. The van der Waals surface area contributed by atoms with Crippen LogP contribution >= 0.6 is 35.6 Å². The second kappa shape index (κ2) is 9.25. The molecule has 6 heteroatoms. The van der Waals surface area contributed by atoms with E-state index in [4.69, 9.17) is 22.1 Å². The normalized spacial score (nSPS) is 12.8. The zero-order valence-corrected chi connectivity index (χ0v) is 14.5. The van der Waals surface area contributed by atoms with Crippen molar-refractivity contribution in [1.29, 1.82) is 0 Å². The highest BCUT2D eigenvalue weighted by Crippen LogP contribution is 2.16. The van der Waals surface area contributed by atoms with Crippen molar-refractivity contribution in [2.45, 2.75) is 32.9 Å². The lowest BCUT2D eigenvalue weighted by Gasteiger charge is -2.14. The third-order valence-corrected chi connectivity index (χ3v) is 2.36. The van der Waals surface area contributed by atoms with Gasteiger partial charge in [-0.15, -0.1) is 24.0 Å². The molecule has 0 aliphatic heterocycles. The molecule has 0 amide bonds. The molecule has 0 saturated heterocycles. The van der Waals surface area contributed by atoms with Crippen molar-refractivity contribution in [1.82, 2.24) is 5.32 Å². The van der Waals surface area contributed by atoms with Crippen LogP contribution in [0.5, 0.6) is 5.75 Å². The van der Waals surface area contributed by atoms with Gasteiger partial charge in [0.1, 0.15) is 11.9 Å². The van der Waals surface area contributed by atoms with E-state index in [9.17, 15) is 0 Å². The maximum atomic E-state index is 5.80. The van der Waals surface area contributed by atoms with Crippen LogP contribution in [-0.2, 0) is 0 Å². The Balaban J connectivity index is 0.00000324. The molecule has 1 aromatic carbocycles. The number of guanidine groups is 1. The Kier molecular flexibility index (Phi) is 8.92. The van der Waals surface area contributed by atoms with Gasteiger partial charge in [-0.2, -0.15) is 0 Å². The molecular weight excluding hydrogens is 377 g/mol. The van der Waals surface area contributed by atoms with E-state index < -0.39 is 0 Å². The van der Waals surface area contributed by atoms with Gasteiger partial charge in [-0.25, -0.2) is 4.99 Å². The first-order valence-corrected chi connectivity index (χ1v) is 6.34. The summed E-state index contributed by atoms with van der Waals surface area (Å²) < 4.78 is 5.68. The van der Waals surface area contributed by atoms with E-state index in [2.05, 4.69) is 10.3 Å². The highest BCUT2D eigenvalue weighted by molar-refractivity contribution is 14.0. The van der Waals surface area contributed by atoms with Gasteiger partial charge < -0.3 is 15.8 Å². The van der Waals surface area contributed by atoms with Crippen molar-refractivity contribution in [2.24, 2.45) is 10.7 Å². The smallest absolute Gasteiger partial charge is 0.188 e. The summed E-state index contributed by atoms with van der Waals surface area (Å²) in [5, 5.41) is 3.72. The average molecular weight is 398 g/mol. The molecule has 0 radical (unpaired) electrons. The molecule has 1 unspecified atom stereocenters. The summed E-state index contributed by atoms with van der Waals surface area (Å²) >= 11 is 5.80. The molecule has 1 aromatic rings. The van der Waals surface area contributed by atoms with Crippen molar-refractivity contribution in [2.75, 3.05) is 6.54 Å². The Morgan fingerprint density at radius 3 is 2.42 bits per heavy atom. The number of hydrogen-bond donors (Lipinski definition) is 2. The summed E-state index contributed by atoms with van der Waals surface area (Å²) in [4.78, 5) is 4.21. The van der Waals surface area contributed by atoms with Gasteiger partial charge in [-0.05, 0) is 45.0 Å². The average Bonchev–Trinajstić information content (AvgIpc) is 2.29. The lowest BCUT2D eigenvalue weighted by atomic mass is 10.3. The van der Waals surface area contributed by atoms with Crippen molar-refractivity contribution >= 4 is 41.5 Å². The molecule has 1 rings (SSSR count). The zero-order valence-electron chi connectivity index (χ0n) is 11.4. The number of ether oxygens (including phenoxy) is 1. The van der Waals surface area contributed by atoms with Crippen LogP contribution in [0.15, 0.2) is 29.3 Å². The highest BCUT2D eigenvalue weighted by atomic mass is 127. The quantitative estimate of drug-likeness (QED) is 0.456. The molecule has 0 heterocycles. The van der Waals surface area contributed by atoms with Crippen molar-refractivity contribution in [3.05, 3.63) is 29.3 Å². The third-order valence-electron chi connectivity index (χ3n) is 2.11. The molecule has 108 valence electrons. The Morgan fingerprint density at radius 2 is 1.89 bits per heavy atom. The first-order chi connectivity index (χ1) is 8.47. The second-order valence-corrected chi connectivity index (χ2v) is 4.84. The summed E-state index contributed by atoms with van der Waals surface area (Å²) in [6.45, 7) is 6.47. The van der Waals surface area contributed by atoms with Gasteiger partial charge >= 0.3 is 0 Å². The number of nitrogens with one attached hydrogen (secondary N) is 1. The van der Waals surface area contributed by atoms with Crippen molar-refractivity contribution in [3.63, 3.8) is 0 Å². The predicted octanol–water partition coefficient (Wildman–Crippen LogP) is 3.04. The summed E-state index contributed by atoms with van der Waals surface area (Å²) in [5.74, 6) is 1.22. The van der Waals surface area contributed by atoms with Gasteiger partial charge in [-0.1, -0.05) is 11.6 Å². The van der Waals surface area contributed by atoms with Gasteiger partial charge in [0.2, 0.25) is 0 Å². The monoisotopic (exact) mass is 397 g/mol. The minimum absolute atomic E-state index is 0. The number of hydrogen-bond acceptors (Lipinski definition) is 2. The van der Waals surface area contributed by atoms with Crippen molar-refractivity contribution in [3.8, 4) is 5.75 Å². The van der Waals surface area contributed by atoms with Crippen LogP contribution in [0.3, 0.4) is 0 Å². The molecular formula is C13H21ClIN3O. The molecule has 0 saturated carbocycles. The molecule has 4 nitrogen and oxygen atoms in total. The topological polar surface area (TPSA) is 59.6 Å². The van der Waals surface area contributed by atoms with Crippen LogP contribution < -0.4 is 15.8 Å². The van der Waals surface area contributed by atoms with E-state index in [1.807, 2.05) is 32.9 Å². The molecule has 0 bridgehead atoms. The molecule has 0 aliphatic carbocycles. The number of nitrogens with zero attached hydrogens (tertiary/aromatic N) is 1. The number of rotatable bonds is 5. The lowest BCUT2D eigenvalue weighted by molar-refractivity contribution is 0.230.